The molecule has 1 heterocycles. The summed E-state index contributed by atoms with van der Waals surface area (Å²) in [4.78, 5) is 14.7. The van der Waals surface area contributed by atoms with Gasteiger partial charge in [0, 0.05) is 6.20 Å². The summed E-state index contributed by atoms with van der Waals surface area (Å²) in [5.74, 6) is -3.36. The van der Waals surface area contributed by atoms with Gasteiger partial charge in [-0.05, 0) is 24.3 Å². The summed E-state index contributed by atoms with van der Waals surface area (Å²) >= 11 is 0. The van der Waals surface area contributed by atoms with Gasteiger partial charge in [0.05, 0.1) is 4.90 Å². The van der Waals surface area contributed by atoms with Gasteiger partial charge in [-0.2, -0.15) is 0 Å². The highest BCUT2D eigenvalue weighted by atomic mass is 32.2. The normalized spacial score (nSPS) is 11.2. The van der Waals surface area contributed by atoms with Crippen molar-refractivity contribution >= 4 is 21.6 Å². The minimum absolute atomic E-state index is 0.0492. The molecule has 0 aliphatic heterocycles. The molecule has 2 rings (SSSR count). The number of hydrogen-bond acceptors (Lipinski definition) is 4. The third-order valence-electron chi connectivity index (χ3n) is 2.48. The van der Waals surface area contributed by atoms with E-state index >= 15 is 0 Å². The van der Waals surface area contributed by atoms with Crippen LogP contribution in [0.1, 0.15) is 10.5 Å². The van der Waals surface area contributed by atoms with Crippen molar-refractivity contribution in [2.75, 3.05) is 5.32 Å². The summed E-state index contributed by atoms with van der Waals surface area (Å²) in [5, 5.41) is 6.76. The molecule has 3 N–H and O–H groups in total. The molecule has 1 aromatic carbocycles. The van der Waals surface area contributed by atoms with Crippen LogP contribution in [0.3, 0.4) is 0 Å². The number of primary sulfonamides is 1. The smallest absolute Gasteiger partial charge is 0.274 e. The average Bonchev–Trinajstić information content (AvgIpc) is 2.42. The number of carbonyl (C=O) groups is 1. The van der Waals surface area contributed by atoms with Crippen LogP contribution in [0.5, 0.6) is 0 Å². The average molecular weight is 313 g/mol. The standard InChI is InChI=1S/C12H9F2N3O3S/c13-8-5-7(21(15,19)20)6-9(14)11(8)17-12(18)10-3-1-2-4-16-10/h1-6H,(H,17,18)(H2,15,19,20). The molecule has 0 spiro atoms. The molecule has 2 aromatic rings. The van der Waals surface area contributed by atoms with Gasteiger partial charge in [0.2, 0.25) is 10.0 Å². The highest BCUT2D eigenvalue weighted by Crippen LogP contribution is 2.23. The summed E-state index contributed by atoms with van der Waals surface area (Å²) in [6.45, 7) is 0. The molecule has 1 aromatic heterocycles. The number of carbonyl (C=O) groups excluding carboxylic acids is 1. The lowest BCUT2D eigenvalue weighted by molar-refractivity contribution is 0.102. The molecule has 0 saturated heterocycles. The molecule has 0 bridgehead atoms. The fourth-order valence-corrected chi connectivity index (χ4v) is 2.04. The maximum absolute atomic E-state index is 13.7. The molecule has 0 saturated carbocycles. The number of aromatic nitrogens is 1. The van der Waals surface area contributed by atoms with Crippen molar-refractivity contribution in [2.24, 2.45) is 5.14 Å². The molecule has 0 aliphatic carbocycles. The Morgan fingerprint density at radius 3 is 2.29 bits per heavy atom. The molecule has 0 unspecified atom stereocenters. The van der Waals surface area contributed by atoms with Gasteiger partial charge in [-0.25, -0.2) is 22.3 Å². The molecule has 110 valence electrons. The van der Waals surface area contributed by atoms with E-state index in [0.29, 0.717) is 12.1 Å². The molecule has 1 amide bonds. The molecule has 0 atom stereocenters. The number of pyridine rings is 1. The summed E-state index contributed by atoms with van der Waals surface area (Å²) in [7, 11) is -4.25. The van der Waals surface area contributed by atoms with E-state index in [1.165, 1.54) is 18.3 Å². The van der Waals surface area contributed by atoms with Crippen LogP contribution >= 0.6 is 0 Å². The van der Waals surface area contributed by atoms with E-state index < -0.39 is 38.1 Å². The first-order valence-electron chi connectivity index (χ1n) is 5.53. The zero-order valence-electron chi connectivity index (χ0n) is 10.4. The predicted octanol–water partition coefficient (Wildman–Crippen LogP) is 1.26. The SMILES string of the molecule is NS(=O)(=O)c1cc(F)c(NC(=O)c2ccccn2)c(F)c1. The van der Waals surface area contributed by atoms with Crippen LogP contribution in [-0.2, 0) is 10.0 Å². The Hall–Kier alpha value is -2.39. The predicted molar refractivity (Wildman–Crippen MR) is 69.9 cm³/mol. The van der Waals surface area contributed by atoms with Crippen LogP contribution < -0.4 is 10.5 Å². The zero-order chi connectivity index (χ0) is 15.6. The van der Waals surface area contributed by atoms with Crippen LogP contribution in [0.15, 0.2) is 41.4 Å². The number of nitrogens with two attached hydrogens (primary N) is 1. The van der Waals surface area contributed by atoms with Crippen LogP contribution in [-0.4, -0.2) is 19.3 Å². The van der Waals surface area contributed by atoms with Crippen LogP contribution in [0.25, 0.3) is 0 Å². The molecule has 6 nitrogen and oxygen atoms in total. The van der Waals surface area contributed by atoms with Crippen molar-refractivity contribution in [3.8, 4) is 0 Å². The third kappa shape index (κ3) is 3.38. The first-order valence-corrected chi connectivity index (χ1v) is 7.08. The van der Waals surface area contributed by atoms with E-state index in [4.69, 9.17) is 5.14 Å². The third-order valence-corrected chi connectivity index (χ3v) is 3.37. The van der Waals surface area contributed by atoms with Gasteiger partial charge in [0.15, 0.2) is 11.6 Å². The van der Waals surface area contributed by atoms with E-state index in [1.807, 2.05) is 5.32 Å². The van der Waals surface area contributed by atoms with E-state index in [2.05, 4.69) is 4.98 Å². The summed E-state index contributed by atoms with van der Waals surface area (Å²) in [5.41, 5.74) is -0.829. The molecule has 21 heavy (non-hydrogen) atoms. The van der Waals surface area contributed by atoms with E-state index in [-0.39, 0.29) is 5.69 Å². The number of benzene rings is 1. The maximum Gasteiger partial charge on any atom is 0.274 e. The lowest BCUT2D eigenvalue weighted by atomic mass is 10.2. The lowest BCUT2D eigenvalue weighted by Crippen LogP contribution is -2.17. The Morgan fingerprint density at radius 1 is 1.19 bits per heavy atom. The number of hydrogen-bond donors (Lipinski definition) is 2. The number of anilines is 1. The first-order chi connectivity index (χ1) is 9.79. The fraction of sp³-hybridized carbons (Fsp3) is 0. The number of halogens is 2. The first kappa shape index (κ1) is 15.0. The van der Waals surface area contributed by atoms with Gasteiger partial charge < -0.3 is 5.32 Å². The topological polar surface area (TPSA) is 102 Å². The molecule has 0 radical (unpaired) electrons. The van der Waals surface area contributed by atoms with Crippen molar-refractivity contribution in [3.63, 3.8) is 0 Å². The number of sulfonamides is 1. The molecule has 0 aliphatic rings. The van der Waals surface area contributed by atoms with Gasteiger partial charge in [0.25, 0.3) is 5.91 Å². The lowest BCUT2D eigenvalue weighted by Gasteiger charge is -2.08. The van der Waals surface area contributed by atoms with Gasteiger partial charge in [-0.1, -0.05) is 6.07 Å². The van der Waals surface area contributed by atoms with Gasteiger partial charge in [0.1, 0.15) is 11.4 Å². The molecule has 0 fully saturated rings. The fourth-order valence-electron chi connectivity index (χ4n) is 1.51. The van der Waals surface area contributed by atoms with Crippen molar-refractivity contribution in [3.05, 3.63) is 53.9 Å². The Balaban J connectivity index is 2.36. The van der Waals surface area contributed by atoms with Gasteiger partial charge >= 0.3 is 0 Å². The maximum atomic E-state index is 13.7. The molecule has 9 heteroatoms. The van der Waals surface area contributed by atoms with Crippen LogP contribution in [0, 0.1) is 11.6 Å². The van der Waals surface area contributed by atoms with Gasteiger partial charge in [-0.3, -0.25) is 9.78 Å². The minimum atomic E-state index is -4.25. The largest absolute Gasteiger partial charge is 0.316 e. The number of nitrogens with zero attached hydrogens (tertiary/aromatic N) is 1. The second-order valence-corrected chi connectivity index (χ2v) is 5.54. The Labute approximate surface area is 118 Å². The molecular formula is C12H9F2N3O3S. The quantitative estimate of drug-likeness (QED) is 0.890. The van der Waals surface area contributed by atoms with Crippen LogP contribution in [0.4, 0.5) is 14.5 Å². The van der Waals surface area contributed by atoms with Gasteiger partial charge in [-0.15, -0.1) is 0 Å². The van der Waals surface area contributed by atoms with Crippen LogP contribution in [0.2, 0.25) is 0 Å². The zero-order valence-corrected chi connectivity index (χ0v) is 11.2. The minimum Gasteiger partial charge on any atom is -0.316 e. The Morgan fingerprint density at radius 2 is 1.81 bits per heavy atom. The second kappa shape index (κ2) is 5.54. The van der Waals surface area contributed by atoms with E-state index in [9.17, 15) is 22.0 Å². The summed E-state index contributed by atoms with van der Waals surface area (Å²) in [6.07, 6.45) is 1.34. The summed E-state index contributed by atoms with van der Waals surface area (Å²) < 4.78 is 49.5. The molecular weight excluding hydrogens is 304 g/mol. The number of amides is 1. The van der Waals surface area contributed by atoms with E-state index in [0.717, 1.165) is 0 Å². The van der Waals surface area contributed by atoms with Crippen molar-refractivity contribution < 1.29 is 22.0 Å². The van der Waals surface area contributed by atoms with Crippen molar-refractivity contribution in [1.29, 1.82) is 0 Å². The Bertz CT molecular complexity index is 772. The number of rotatable bonds is 3. The monoisotopic (exact) mass is 313 g/mol. The van der Waals surface area contributed by atoms with E-state index in [1.54, 1.807) is 6.07 Å². The highest BCUT2D eigenvalue weighted by Gasteiger charge is 2.19. The Kier molecular flexibility index (Phi) is 3.96. The van der Waals surface area contributed by atoms with Crippen molar-refractivity contribution in [2.45, 2.75) is 4.90 Å². The summed E-state index contributed by atoms with van der Waals surface area (Å²) in [6, 6.07) is 5.49. The highest BCUT2D eigenvalue weighted by molar-refractivity contribution is 7.89. The van der Waals surface area contributed by atoms with Crippen molar-refractivity contribution in [1.82, 2.24) is 4.98 Å². The second-order valence-electron chi connectivity index (χ2n) is 3.98. The number of nitrogens with one attached hydrogen (secondary N) is 1.